The van der Waals surface area contributed by atoms with Crippen molar-refractivity contribution in [2.45, 2.75) is 19.8 Å². The maximum Gasteiger partial charge on any atom is 0.272 e. The minimum absolute atomic E-state index is 0.187. The van der Waals surface area contributed by atoms with Crippen LogP contribution in [-0.2, 0) is 6.42 Å². The number of aryl methyl sites for hydroxylation is 1. The molecule has 94 valence electrons. The number of carbonyl (C=O) groups is 1. The van der Waals surface area contributed by atoms with E-state index >= 15 is 0 Å². The van der Waals surface area contributed by atoms with E-state index in [2.05, 4.69) is 17.5 Å². The molecule has 5 heteroatoms. The van der Waals surface area contributed by atoms with Crippen LogP contribution >= 0.6 is 11.3 Å². The van der Waals surface area contributed by atoms with Gasteiger partial charge in [-0.25, -0.2) is 5.43 Å². The summed E-state index contributed by atoms with van der Waals surface area (Å²) in [6.07, 6.45) is 6.75. The molecule has 0 radical (unpaired) electrons. The van der Waals surface area contributed by atoms with Gasteiger partial charge in [0, 0.05) is 15.8 Å². The number of rotatable bonds is 5. The Labute approximate surface area is 109 Å². The quantitative estimate of drug-likeness (QED) is 0.665. The zero-order valence-electron chi connectivity index (χ0n) is 10.1. The molecule has 0 aromatic carbocycles. The van der Waals surface area contributed by atoms with Crippen molar-refractivity contribution in [2.24, 2.45) is 5.10 Å². The SMILES string of the molecule is CCCc1cc(C(=O)NN=Cc2ccoc2)cs1. The van der Waals surface area contributed by atoms with E-state index in [0.29, 0.717) is 5.56 Å². The summed E-state index contributed by atoms with van der Waals surface area (Å²) in [4.78, 5) is 13.0. The Bertz CT molecular complexity index is 529. The molecule has 1 amide bonds. The Kier molecular flexibility index (Phi) is 4.30. The largest absolute Gasteiger partial charge is 0.472 e. The maximum atomic E-state index is 11.7. The van der Waals surface area contributed by atoms with Crippen LogP contribution in [0.4, 0.5) is 0 Å². The lowest BCUT2D eigenvalue weighted by atomic mass is 10.2. The third-order valence-corrected chi connectivity index (χ3v) is 3.33. The van der Waals surface area contributed by atoms with Gasteiger partial charge in [0.2, 0.25) is 0 Å². The fourth-order valence-corrected chi connectivity index (χ4v) is 2.43. The van der Waals surface area contributed by atoms with Crippen molar-refractivity contribution in [3.8, 4) is 0 Å². The molecular weight excluding hydrogens is 248 g/mol. The number of hydrazone groups is 1. The second-order valence-corrected chi connectivity index (χ2v) is 4.80. The topological polar surface area (TPSA) is 54.6 Å². The molecule has 2 aromatic heterocycles. The zero-order chi connectivity index (χ0) is 12.8. The lowest BCUT2D eigenvalue weighted by molar-refractivity contribution is 0.0955. The van der Waals surface area contributed by atoms with Gasteiger partial charge < -0.3 is 4.42 Å². The first kappa shape index (κ1) is 12.6. The van der Waals surface area contributed by atoms with Crippen molar-refractivity contribution in [3.63, 3.8) is 0 Å². The lowest BCUT2D eigenvalue weighted by Gasteiger charge is -1.94. The molecule has 0 unspecified atom stereocenters. The fraction of sp³-hybridized carbons (Fsp3) is 0.231. The average molecular weight is 262 g/mol. The van der Waals surface area contributed by atoms with E-state index in [4.69, 9.17) is 4.42 Å². The second-order valence-electron chi connectivity index (χ2n) is 3.81. The van der Waals surface area contributed by atoms with Gasteiger partial charge in [0.15, 0.2) is 0 Å². The molecule has 0 aliphatic carbocycles. The number of nitrogens with zero attached hydrogens (tertiary/aromatic N) is 1. The van der Waals surface area contributed by atoms with Gasteiger partial charge in [-0.05, 0) is 18.6 Å². The number of hydrogen-bond acceptors (Lipinski definition) is 4. The summed E-state index contributed by atoms with van der Waals surface area (Å²) in [5, 5.41) is 5.72. The molecule has 2 heterocycles. The second kappa shape index (κ2) is 6.16. The third kappa shape index (κ3) is 3.30. The van der Waals surface area contributed by atoms with Crippen LogP contribution in [0.5, 0.6) is 0 Å². The Morgan fingerprint density at radius 2 is 2.50 bits per heavy atom. The monoisotopic (exact) mass is 262 g/mol. The predicted molar refractivity (Wildman–Crippen MR) is 72.1 cm³/mol. The molecule has 0 saturated heterocycles. The molecule has 1 N–H and O–H groups in total. The average Bonchev–Trinajstić information content (AvgIpc) is 3.00. The van der Waals surface area contributed by atoms with Crippen LogP contribution in [0, 0.1) is 0 Å². The van der Waals surface area contributed by atoms with Crippen LogP contribution in [-0.4, -0.2) is 12.1 Å². The van der Waals surface area contributed by atoms with Crippen molar-refractivity contribution in [3.05, 3.63) is 46.0 Å². The van der Waals surface area contributed by atoms with Crippen LogP contribution in [0.1, 0.15) is 34.1 Å². The van der Waals surface area contributed by atoms with Crippen molar-refractivity contribution < 1.29 is 9.21 Å². The highest BCUT2D eigenvalue weighted by Crippen LogP contribution is 2.16. The third-order valence-electron chi connectivity index (χ3n) is 2.34. The molecule has 0 fully saturated rings. The van der Waals surface area contributed by atoms with Gasteiger partial charge in [-0.2, -0.15) is 5.10 Å². The van der Waals surface area contributed by atoms with Crippen molar-refractivity contribution >= 4 is 23.5 Å². The summed E-state index contributed by atoms with van der Waals surface area (Å²) in [6, 6.07) is 3.68. The summed E-state index contributed by atoms with van der Waals surface area (Å²) < 4.78 is 4.88. The standard InChI is InChI=1S/C13H14N2O2S/c1-2-3-12-6-11(9-18-12)13(16)15-14-7-10-4-5-17-8-10/h4-9H,2-3H2,1H3,(H,15,16). The van der Waals surface area contributed by atoms with Gasteiger partial charge in [0.05, 0.1) is 24.3 Å². The van der Waals surface area contributed by atoms with Gasteiger partial charge in [-0.15, -0.1) is 11.3 Å². The molecular formula is C13H14N2O2S. The summed E-state index contributed by atoms with van der Waals surface area (Å²) in [5.41, 5.74) is 3.96. The van der Waals surface area contributed by atoms with Crippen LogP contribution in [0.15, 0.2) is 39.6 Å². The molecule has 18 heavy (non-hydrogen) atoms. The Morgan fingerprint density at radius 3 is 3.22 bits per heavy atom. The van der Waals surface area contributed by atoms with Gasteiger partial charge in [-0.3, -0.25) is 4.79 Å². The summed E-state index contributed by atoms with van der Waals surface area (Å²) >= 11 is 1.61. The first-order valence-corrected chi connectivity index (χ1v) is 6.60. The van der Waals surface area contributed by atoms with Gasteiger partial charge in [-0.1, -0.05) is 13.3 Å². The Balaban J connectivity index is 1.91. The minimum atomic E-state index is -0.187. The van der Waals surface area contributed by atoms with Crippen LogP contribution in [0.3, 0.4) is 0 Å². The zero-order valence-corrected chi connectivity index (χ0v) is 10.9. The smallest absolute Gasteiger partial charge is 0.272 e. The van der Waals surface area contributed by atoms with Gasteiger partial charge >= 0.3 is 0 Å². The van der Waals surface area contributed by atoms with Crippen molar-refractivity contribution in [1.82, 2.24) is 5.43 Å². The Morgan fingerprint density at radius 1 is 1.61 bits per heavy atom. The van der Waals surface area contributed by atoms with E-state index in [-0.39, 0.29) is 5.91 Å². The minimum Gasteiger partial charge on any atom is -0.472 e. The number of nitrogens with one attached hydrogen (secondary N) is 1. The molecule has 0 atom stereocenters. The molecule has 0 aliphatic rings. The van der Waals surface area contributed by atoms with Crippen molar-refractivity contribution in [2.75, 3.05) is 0 Å². The van der Waals surface area contributed by atoms with E-state index in [1.165, 1.54) is 4.88 Å². The molecule has 2 aromatic rings. The number of amides is 1. The van der Waals surface area contributed by atoms with Crippen LogP contribution in [0.2, 0.25) is 0 Å². The summed E-state index contributed by atoms with van der Waals surface area (Å²) in [6.45, 7) is 2.12. The Hall–Kier alpha value is -1.88. The number of carbonyl (C=O) groups excluding carboxylic acids is 1. The fourth-order valence-electron chi connectivity index (χ4n) is 1.46. The highest BCUT2D eigenvalue weighted by atomic mass is 32.1. The van der Waals surface area contributed by atoms with E-state index in [1.807, 2.05) is 11.4 Å². The predicted octanol–water partition coefficient (Wildman–Crippen LogP) is 3.06. The normalized spacial score (nSPS) is 10.9. The number of furan rings is 1. The van der Waals surface area contributed by atoms with E-state index in [9.17, 15) is 4.79 Å². The molecule has 0 spiro atoms. The first-order valence-electron chi connectivity index (χ1n) is 5.72. The molecule has 0 saturated carbocycles. The molecule has 4 nitrogen and oxygen atoms in total. The highest BCUT2D eigenvalue weighted by Gasteiger charge is 2.07. The molecule has 0 bridgehead atoms. The maximum absolute atomic E-state index is 11.7. The van der Waals surface area contributed by atoms with E-state index in [1.54, 1.807) is 36.1 Å². The molecule has 2 rings (SSSR count). The van der Waals surface area contributed by atoms with E-state index in [0.717, 1.165) is 18.4 Å². The number of hydrogen-bond donors (Lipinski definition) is 1. The number of thiophene rings is 1. The van der Waals surface area contributed by atoms with E-state index < -0.39 is 0 Å². The van der Waals surface area contributed by atoms with Gasteiger partial charge in [0.1, 0.15) is 0 Å². The lowest BCUT2D eigenvalue weighted by Crippen LogP contribution is -2.16. The van der Waals surface area contributed by atoms with Gasteiger partial charge in [0.25, 0.3) is 5.91 Å². The van der Waals surface area contributed by atoms with Crippen molar-refractivity contribution in [1.29, 1.82) is 0 Å². The summed E-state index contributed by atoms with van der Waals surface area (Å²) in [5.74, 6) is -0.187. The summed E-state index contributed by atoms with van der Waals surface area (Å²) in [7, 11) is 0. The first-order chi connectivity index (χ1) is 8.79. The van der Waals surface area contributed by atoms with Crippen LogP contribution < -0.4 is 5.43 Å². The highest BCUT2D eigenvalue weighted by molar-refractivity contribution is 7.10. The molecule has 0 aliphatic heterocycles. The van der Waals surface area contributed by atoms with Crippen LogP contribution in [0.25, 0.3) is 0 Å².